The topological polar surface area (TPSA) is 72.9 Å². The van der Waals surface area contributed by atoms with Crippen molar-refractivity contribution < 1.29 is 22.7 Å². The van der Waals surface area contributed by atoms with Crippen LogP contribution in [0.15, 0.2) is 28.7 Å². The Balaban J connectivity index is 1.51. The first kappa shape index (κ1) is 18.8. The van der Waals surface area contributed by atoms with Crippen LogP contribution in [0, 0.1) is 5.92 Å². The van der Waals surface area contributed by atoms with Crippen molar-refractivity contribution in [1.82, 2.24) is 4.90 Å². The third-order valence-electron chi connectivity index (χ3n) is 4.54. The summed E-state index contributed by atoms with van der Waals surface area (Å²) in [5.74, 6) is -0.606. The fourth-order valence-corrected chi connectivity index (χ4v) is 5.08. The highest BCUT2D eigenvalue weighted by molar-refractivity contribution is 9.10. The van der Waals surface area contributed by atoms with E-state index in [2.05, 4.69) is 15.9 Å². The van der Waals surface area contributed by atoms with E-state index in [1.54, 1.807) is 23.1 Å². The van der Waals surface area contributed by atoms with Crippen molar-refractivity contribution in [3.05, 3.63) is 34.3 Å². The lowest BCUT2D eigenvalue weighted by Crippen LogP contribution is -2.43. The number of likely N-dealkylation sites (tertiary alicyclic amines) is 1. The minimum Gasteiger partial charge on any atom is -0.350 e. The number of sulfone groups is 1. The molecule has 2 fully saturated rings. The first-order valence-electron chi connectivity index (χ1n) is 8.39. The monoisotopic (exact) mass is 431 g/mol. The zero-order valence-corrected chi connectivity index (χ0v) is 16.3. The zero-order valence-electron chi connectivity index (χ0n) is 13.9. The van der Waals surface area contributed by atoms with E-state index in [4.69, 9.17) is 9.47 Å². The Hall–Kier alpha value is -0.960. The Labute approximate surface area is 156 Å². The van der Waals surface area contributed by atoms with Gasteiger partial charge in [-0.1, -0.05) is 28.1 Å². The zero-order chi connectivity index (χ0) is 17.9. The van der Waals surface area contributed by atoms with Crippen LogP contribution in [0.1, 0.15) is 18.4 Å². The third-order valence-corrected chi connectivity index (χ3v) is 6.50. The van der Waals surface area contributed by atoms with Crippen LogP contribution in [0.4, 0.5) is 0 Å². The Kier molecular flexibility index (Phi) is 6.14. The fraction of sp³-hybridized carbons (Fsp3) is 0.588. The van der Waals surface area contributed by atoms with Crippen LogP contribution in [0.3, 0.4) is 0 Å². The van der Waals surface area contributed by atoms with Gasteiger partial charge in [0.15, 0.2) is 16.1 Å². The summed E-state index contributed by atoms with van der Waals surface area (Å²) in [5.41, 5.74) is 0.677. The van der Waals surface area contributed by atoms with Gasteiger partial charge in [-0.05, 0) is 30.5 Å². The van der Waals surface area contributed by atoms with E-state index in [1.807, 2.05) is 6.07 Å². The normalized spacial score (nSPS) is 20.1. The van der Waals surface area contributed by atoms with Gasteiger partial charge in [-0.3, -0.25) is 4.79 Å². The highest BCUT2D eigenvalue weighted by atomic mass is 79.9. The molecule has 25 heavy (non-hydrogen) atoms. The molecule has 1 aromatic carbocycles. The molecule has 2 heterocycles. The van der Waals surface area contributed by atoms with E-state index < -0.39 is 15.6 Å². The van der Waals surface area contributed by atoms with E-state index in [-0.39, 0.29) is 23.9 Å². The van der Waals surface area contributed by atoms with E-state index in [0.29, 0.717) is 31.9 Å². The lowest BCUT2D eigenvalue weighted by Gasteiger charge is -2.33. The van der Waals surface area contributed by atoms with Crippen LogP contribution in [-0.2, 0) is 29.9 Å². The number of benzene rings is 1. The second kappa shape index (κ2) is 8.16. The van der Waals surface area contributed by atoms with Gasteiger partial charge in [0.2, 0.25) is 5.91 Å². The number of carbonyl (C=O) groups is 1. The summed E-state index contributed by atoms with van der Waals surface area (Å²) in [6.07, 6.45) is 1.39. The minimum atomic E-state index is -3.49. The van der Waals surface area contributed by atoms with E-state index >= 15 is 0 Å². The molecule has 138 valence electrons. The van der Waals surface area contributed by atoms with Gasteiger partial charge in [0.25, 0.3) is 0 Å². The van der Waals surface area contributed by atoms with Crippen LogP contribution in [0.2, 0.25) is 0 Å². The number of amides is 1. The van der Waals surface area contributed by atoms with Gasteiger partial charge in [0.05, 0.1) is 19.0 Å². The van der Waals surface area contributed by atoms with Gasteiger partial charge in [-0.15, -0.1) is 0 Å². The summed E-state index contributed by atoms with van der Waals surface area (Å²) in [6, 6.07) is 7.13. The molecule has 0 aromatic heterocycles. The molecule has 0 atom stereocenters. The highest BCUT2D eigenvalue weighted by Gasteiger charge is 2.32. The van der Waals surface area contributed by atoms with Crippen molar-refractivity contribution in [2.45, 2.75) is 24.9 Å². The number of nitrogens with zero attached hydrogens (tertiary/aromatic N) is 1. The van der Waals surface area contributed by atoms with Crippen LogP contribution in [-0.4, -0.2) is 57.6 Å². The molecule has 2 aliphatic heterocycles. The Bertz CT molecular complexity index is 710. The minimum absolute atomic E-state index is 0.127. The smallest absolute Gasteiger partial charge is 0.237 e. The molecule has 0 N–H and O–H groups in total. The van der Waals surface area contributed by atoms with Gasteiger partial charge in [0.1, 0.15) is 5.75 Å². The highest BCUT2D eigenvalue weighted by Crippen LogP contribution is 2.26. The average Bonchev–Trinajstić information content (AvgIpc) is 3.08. The Morgan fingerprint density at radius 3 is 2.52 bits per heavy atom. The average molecular weight is 432 g/mol. The first-order valence-corrected chi connectivity index (χ1v) is 11.0. The molecule has 0 radical (unpaired) electrons. The third kappa shape index (κ3) is 5.26. The summed E-state index contributed by atoms with van der Waals surface area (Å²) in [7, 11) is -3.49. The molecule has 2 saturated heterocycles. The number of rotatable bonds is 5. The number of hydrogen-bond acceptors (Lipinski definition) is 5. The maximum Gasteiger partial charge on any atom is 0.237 e. The lowest BCUT2D eigenvalue weighted by atomic mass is 9.96. The van der Waals surface area contributed by atoms with Gasteiger partial charge in [-0.2, -0.15) is 0 Å². The molecule has 8 heteroatoms. The Morgan fingerprint density at radius 1 is 1.20 bits per heavy atom. The predicted molar refractivity (Wildman–Crippen MR) is 96.6 cm³/mol. The van der Waals surface area contributed by atoms with E-state index in [0.717, 1.165) is 17.3 Å². The van der Waals surface area contributed by atoms with Crippen molar-refractivity contribution in [3.63, 3.8) is 0 Å². The molecule has 0 bridgehead atoms. The van der Waals surface area contributed by atoms with Crippen LogP contribution in [0.25, 0.3) is 0 Å². The molecule has 3 rings (SSSR count). The molecule has 6 nitrogen and oxygen atoms in total. The molecular weight excluding hydrogens is 410 g/mol. The van der Waals surface area contributed by atoms with Crippen molar-refractivity contribution >= 4 is 31.7 Å². The summed E-state index contributed by atoms with van der Waals surface area (Å²) < 4.78 is 36.5. The summed E-state index contributed by atoms with van der Waals surface area (Å²) in [6.45, 7) is 2.35. The van der Waals surface area contributed by atoms with Gasteiger partial charge >= 0.3 is 0 Å². The summed E-state index contributed by atoms with van der Waals surface area (Å²) in [5, 5.41) is 0. The molecule has 0 spiro atoms. The largest absolute Gasteiger partial charge is 0.350 e. The second-order valence-electron chi connectivity index (χ2n) is 6.49. The number of halogens is 1. The SMILES string of the molecule is O=C(CS(=O)(=O)Cc1cccc(Br)c1)N1CCC(C2OCCO2)CC1. The standard InChI is InChI=1S/C17H22BrNO5S/c18-15-3-1-2-13(10-15)11-25(21,22)12-16(20)19-6-4-14(5-7-19)17-23-8-9-24-17/h1-3,10,14,17H,4-9,11-12H2. The van der Waals surface area contributed by atoms with Crippen LogP contribution >= 0.6 is 15.9 Å². The first-order chi connectivity index (χ1) is 11.9. The van der Waals surface area contributed by atoms with Crippen LogP contribution < -0.4 is 0 Å². The molecule has 1 amide bonds. The van der Waals surface area contributed by atoms with Gasteiger partial charge in [0, 0.05) is 23.5 Å². The van der Waals surface area contributed by atoms with E-state index in [1.165, 1.54) is 0 Å². The summed E-state index contributed by atoms with van der Waals surface area (Å²) in [4.78, 5) is 14.0. The Morgan fingerprint density at radius 2 is 1.88 bits per heavy atom. The maximum absolute atomic E-state index is 12.4. The lowest BCUT2D eigenvalue weighted by molar-refractivity contribution is -0.134. The molecule has 0 saturated carbocycles. The van der Waals surface area contributed by atoms with Crippen molar-refractivity contribution in [3.8, 4) is 0 Å². The predicted octanol–water partition coefficient (Wildman–Crippen LogP) is 1.98. The number of ether oxygens (including phenoxy) is 2. The molecule has 0 aliphatic carbocycles. The van der Waals surface area contributed by atoms with Gasteiger partial charge in [-0.25, -0.2) is 8.42 Å². The quantitative estimate of drug-likeness (QED) is 0.712. The van der Waals surface area contributed by atoms with Crippen molar-refractivity contribution in [2.24, 2.45) is 5.92 Å². The second-order valence-corrected chi connectivity index (χ2v) is 9.47. The summed E-state index contributed by atoms with van der Waals surface area (Å²) >= 11 is 3.33. The molecule has 1 aromatic rings. The molecular formula is C17H22BrNO5S. The van der Waals surface area contributed by atoms with Crippen molar-refractivity contribution in [1.29, 1.82) is 0 Å². The van der Waals surface area contributed by atoms with Crippen molar-refractivity contribution in [2.75, 3.05) is 32.1 Å². The fourth-order valence-electron chi connectivity index (χ4n) is 3.28. The number of hydrogen-bond donors (Lipinski definition) is 0. The number of carbonyl (C=O) groups excluding carboxylic acids is 1. The van der Waals surface area contributed by atoms with E-state index in [9.17, 15) is 13.2 Å². The number of piperidine rings is 1. The van der Waals surface area contributed by atoms with Crippen LogP contribution in [0.5, 0.6) is 0 Å². The molecule has 0 unspecified atom stereocenters. The molecule has 2 aliphatic rings. The van der Waals surface area contributed by atoms with Gasteiger partial charge < -0.3 is 14.4 Å². The maximum atomic E-state index is 12.4.